The highest BCUT2D eigenvalue weighted by Gasteiger charge is 2.07. The summed E-state index contributed by atoms with van der Waals surface area (Å²) >= 11 is 0. The van der Waals surface area contributed by atoms with E-state index in [2.05, 4.69) is 9.97 Å². The molecule has 0 saturated heterocycles. The van der Waals surface area contributed by atoms with Crippen LogP contribution in [0.4, 0.5) is 0 Å². The van der Waals surface area contributed by atoms with Gasteiger partial charge in [0.25, 0.3) is 0 Å². The molecule has 5 nitrogen and oxygen atoms in total. The van der Waals surface area contributed by atoms with Gasteiger partial charge in [-0.25, -0.2) is 9.78 Å². The summed E-state index contributed by atoms with van der Waals surface area (Å²) in [5, 5.41) is 9.01. The lowest BCUT2D eigenvalue weighted by Crippen LogP contribution is -1.97. The van der Waals surface area contributed by atoms with Gasteiger partial charge in [0.05, 0.1) is 5.56 Å². The first-order chi connectivity index (χ1) is 11.1. The van der Waals surface area contributed by atoms with Crippen molar-refractivity contribution in [2.24, 2.45) is 0 Å². The third kappa shape index (κ3) is 3.52. The fourth-order valence-electron chi connectivity index (χ4n) is 2.05. The Morgan fingerprint density at radius 1 is 1.09 bits per heavy atom. The zero-order valence-corrected chi connectivity index (χ0v) is 12.4. The molecule has 5 heteroatoms. The van der Waals surface area contributed by atoms with E-state index in [1.165, 1.54) is 12.1 Å². The molecule has 0 fully saturated rings. The average Bonchev–Trinajstić information content (AvgIpc) is 2.56. The number of ether oxygens (including phenoxy) is 1. The number of carbonyl (C=O) groups is 1. The molecule has 114 valence electrons. The normalized spacial score (nSPS) is 10.3. The van der Waals surface area contributed by atoms with Crippen LogP contribution in [0.1, 0.15) is 15.9 Å². The molecule has 0 saturated carbocycles. The van der Waals surface area contributed by atoms with Crippen LogP contribution >= 0.6 is 0 Å². The fourth-order valence-corrected chi connectivity index (χ4v) is 2.05. The largest absolute Gasteiger partial charge is 0.478 e. The second kappa shape index (κ2) is 6.27. The number of carboxylic acid groups (broad SMARTS) is 1. The van der Waals surface area contributed by atoms with E-state index in [9.17, 15) is 4.79 Å². The van der Waals surface area contributed by atoms with Crippen molar-refractivity contribution in [3.8, 4) is 23.0 Å². The maximum atomic E-state index is 11.0. The maximum absolute atomic E-state index is 11.0. The number of hydrogen-bond acceptors (Lipinski definition) is 4. The van der Waals surface area contributed by atoms with Gasteiger partial charge in [-0.3, -0.25) is 0 Å². The summed E-state index contributed by atoms with van der Waals surface area (Å²) in [5.74, 6) is 0.326. The highest BCUT2D eigenvalue weighted by atomic mass is 16.5. The van der Waals surface area contributed by atoms with Gasteiger partial charge >= 0.3 is 5.97 Å². The quantitative estimate of drug-likeness (QED) is 0.790. The van der Waals surface area contributed by atoms with Crippen molar-refractivity contribution in [3.05, 3.63) is 71.9 Å². The first-order valence-corrected chi connectivity index (χ1v) is 7.03. The molecule has 0 radical (unpaired) electrons. The molecule has 3 aromatic rings. The third-order valence-electron chi connectivity index (χ3n) is 3.24. The summed E-state index contributed by atoms with van der Waals surface area (Å²) in [6.45, 7) is 2.01. The van der Waals surface area contributed by atoms with Gasteiger partial charge in [0.15, 0.2) is 5.82 Å². The standard InChI is InChI=1S/C18H14N2O3/c1-12-5-7-13(8-6-12)17-19-10-9-16(20-17)23-15-4-2-3-14(11-15)18(21)22/h2-11H,1H3,(H,21,22). The Bertz CT molecular complexity index is 845. The Morgan fingerprint density at radius 3 is 2.61 bits per heavy atom. The monoisotopic (exact) mass is 306 g/mol. The molecule has 1 heterocycles. The van der Waals surface area contributed by atoms with E-state index >= 15 is 0 Å². The van der Waals surface area contributed by atoms with Gasteiger partial charge in [0.1, 0.15) is 5.75 Å². The van der Waals surface area contributed by atoms with Crippen LogP contribution in [0.25, 0.3) is 11.4 Å². The zero-order chi connectivity index (χ0) is 16.2. The number of hydrogen-bond donors (Lipinski definition) is 1. The lowest BCUT2D eigenvalue weighted by molar-refractivity contribution is 0.0696. The molecule has 2 aromatic carbocycles. The number of aryl methyl sites for hydroxylation is 1. The Balaban J connectivity index is 1.87. The smallest absolute Gasteiger partial charge is 0.335 e. The molecule has 23 heavy (non-hydrogen) atoms. The maximum Gasteiger partial charge on any atom is 0.335 e. The van der Waals surface area contributed by atoms with Crippen LogP contribution in [0.15, 0.2) is 60.8 Å². The van der Waals surface area contributed by atoms with Crippen LogP contribution in [0, 0.1) is 6.92 Å². The SMILES string of the molecule is Cc1ccc(-c2nccc(Oc3cccc(C(=O)O)c3)n2)cc1. The van der Waals surface area contributed by atoms with Gasteiger partial charge in [-0.15, -0.1) is 0 Å². The van der Waals surface area contributed by atoms with Crippen molar-refractivity contribution >= 4 is 5.97 Å². The third-order valence-corrected chi connectivity index (χ3v) is 3.24. The molecule has 1 aromatic heterocycles. The van der Waals surface area contributed by atoms with E-state index in [0.29, 0.717) is 17.5 Å². The number of rotatable bonds is 4. The first kappa shape index (κ1) is 14.7. The zero-order valence-electron chi connectivity index (χ0n) is 12.4. The lowest BCUT2D eigenvalue weighted by Gasteiger charge is -2.07. The molecular weight excluding hydrogens is 292 g/mol. The first-order valence-electron chi connectivity index (χ1n) is 7.03. The Labute approximate surface area is 133 Å². The van der Waals surface area contributed by atoms with Crippen molar-refractivity contribution in [1.82, 2.24) is 9.97 Å². The summed E-state index contributed by atoms with van der Waals surface area (Å²) in [5.41, 5.74) is 2.21. The van der Waals surface area contributed by atoms with Gasteiger partial charge in [-0.2, -0.15) is 4.98 Å². The van der Waals surface area contributed by atoms with Crippen LogP contribution in [0.3, 0.4) is 0 Å². The molecule has 0 atom stereocenters. The van der Waals surface area contributed by atoms with Crippen molar-refractivity contribution in [3.63, 3.8) is 0 Å². The second-order valence-corrected chi connectivity index (χ2v) is 5.02. The van der Waals surface area contributed by atoms with E-state index in [0.717, 1.165) is 11.1 Å². The Hall–Kier alpha value is -3.21. The van der Waals surface area contributed by atoms with Crippen LogP contribution in [0.5, 0.6) is 11.6 Å². The molecule has 0 aliphatic rings. The summed E-state index contributed by atoms with van der Waals surface area (Å²) < 4.78 is 5.64. The van der Waals surface area contributed by atoms with E-state index in [1.807, 2.05) is 31.2 Å². The van der Waals surface area contributed by atoms with Crippen LogP contribution < -0.4 is 4.74 Å². The highest BCUT2D eigenvalue weighted by Crippen LogP contribution is 2.23. The van der Waals surface area contributed by atoms with E-state index in [-0.39, 0.29) is 5.56 Å². The lowest BCUT2D eigenvalue weighted by atomic mass is 10.1. The summed E-state index contributed by atoms with van der Waals surface area (Å²) in [6, 6.07) is 15.8. The van der Waals surface area contributed by atoms with E-state index < -0.39 is 5.97 Å². The molecule has 0 amide bonds. The minimum atomic E-state index is -1.00. The number of aromatic nitrogens is 2. The van der Waals surface area contributed by atoms with Gasteiger partial charge < -0.3 is 9.84 Å². The van der Waals surface area contributed by atoms with Crippen LogP contribution in [-0.2, 0) is 0 Å². The topological polar surface area (TPSA) is 72.3 Å². The minimum Gasteiger partial charge on any atom is -0.478 e. The Morgan fingerprint density at radius 2 is 1.87 bits per heavy atom. The van der Waals surface area contributed by atoms with Gasteiger partial charge in [0.2, 0.25) is 5.88 Å². The van der Waals surface area contributed by atoms with E-state index in [4.69, 9.17) is 9.84 Å². The highest BCUT2D eigenvalue weighted by molar-refractivity contribution is 5.88. The van der Waals surface area contributed by atoms with Crippen molar-refractivity contribution in [2.75, 3.05) is 0 Å². The number of nitrogens with zero attached hydrogens (tertiary/aromatic N) is 2. The minimum absolute atomic E-state index is 0.162. The number of aromatic carboxylic acids is 1. The molecule has 0 bridgehead atoms. The van der Waals surface area contributed by atoms with Gasteiger partial charge in [-0.05, 0) is 25.1 Å². The van der Waals surface area contributed by atoms with E-state index in [1.54, 1.807) is 24.4 Å². The van der Waals surface area contributed by atoms with Crippen molar-refractivity contribution in [1.29, 1.82) is 0 Å². The summed E-state index contributed by atoms with van der Waals surface area (Å²) in [7, 11) is 0. The molecule has 0 aliphatic carbocycles. The predicted octanol–water partition coefficient (Wildman–Crippen LogP) is 3.94. The van der Waals surface area contributed by atoms with Gasteiger partial charge in [-0.1, -0.05) is 35.9 Å². The summed E-state index contributed by atoms with van der Waals surface area (Å²) in [6.07, 6.45) is 1.61. The summed E-state index contributed by atoms with van der Waals surface area (Å²) in [4.78, 5) is 19.6. The molecule has 3 rings (SSSR count). The number of carboxylic acids is 1. The van der Waals surface area contributed by atoms with Crippen molar-refractivity contribution in [2.45, 2.75) is 6.92 Å². The molecule has 0 aliphatic heterocycles. The average molecular weight is 306 g/mol. The Kier molecular flexibility index (Phi) is 4.01. The molecule has 0 unspecified atom stereocenters. The molecular formula is C18H14N2O3. The second-order valence-electron chi connectivity index (χ2n) is 5.02. The molecule has 0 spiro atoms. The fraction of sp³-hybridized carbons (Fsp3) is 0.0556. The number of benzene rings is 2. The molecule has 1 N–H and O–H groups in total. The van der Waals surface area contributed by atoms with Crippen LogP contribution in [0.2, 0.25) is 0 Å². The van der Waals surface area contributed by atoms with Gasteiger partial charge in [0, 0.05) is 17.8 Å². The van der Waals surface area contributed by atoms with Crippen LogP contribution in [-0.4, -0.2) is 21.0 Å². The van der Waals surface area contributed by atoms with Crippen molar-refractivity contribution < 1.29 is 14.6 Å². The predicted molar refractivity (Wildman–Crippen MR) is 85.7 cm³/mol.